The van der Waals surface area contributed by atoms with Gasteiger partial charge in [-0.3, -0.25) is 0 Å². The SMILES string of the molecule is O=C1Nc2c(cc(Cl)c(Br)c2F)C(Cl)N1. The Morgan fingerprint density at radius 3 is 2.87 bits per heavy atom. The Labute approximate surface area is 103 Å². The topological polar surface area (TPSA) is 41.1 Å². The van der Waals surface area contributed by atoms with Crippen LogP contribution in [0.4, 0.5) is 14.9 Å². The van der Waals surface area contributed by atoms with Crippen LogP contribution in [0.1, 0.15) is 11.1 Å². The lowest BCUT2D eigenvalue weighted by Crippen LogP contribution is -2.35. The van der Waals surface area contributed by atoms with E-state index in [2.05, 4.69) is 26.6 Å². The molecule has 0 aliphatic carbocycles. The summed E-state index contributed by atoms with van der Waals surface area (Å²) in [6.07, 6.45) is 0. The van der Waals surface area contributed by atoms with Crippen LogP contribution in [-0.2, 0) is 0 Å². The summed E-state index contributed by atoms with van der Waals surface area (Å²) in [4.78, 5) is 11.1. The van der Waals surface area contributed by atoms with Crippen molar-refractivity contribution in [3.8, 4) is 0 Å². The van der Waals surface area contributed by atoms with Crippen LogP contribution in [0.25, 0.3) is 0 Å². The lowest BCUT2D eigenvalue weighted by atomic mass is 10.1. The maximum Gasteiger partial charge on any atom is 0.320 e. The second-order valence-corrected chi connectivity index (χ2v) is 4.55. The predicted octanol–water partition coefficient (Wildman–Crippen LogP) is 3.61. The molecule has 1 aromatic rings. The number of halogens is 4. The number of benzene rings is 1. The molecule has 3 nitrogen and oxygen atoms in total. The smallest absolute Gasteiger partial charge is 0.317 e. The van der Waals surface area contributed by atoms with Gasteiger partial charge >= 0.3 is 6.03 Å². The summed E-state index contributed by atoms with van der Waals surface area (Å²) in [7, 11) is 0. The summed E-state index contributed by atoms with van der Waals surface area (Å²) in [5.74, 6) is -0.627. The number of carbonyl (C=O) groups excluding carboxylic acids is 1. The summed E-state index contributed by atoms with van der Waals surface area (Å²) in [6.45, 7) is 0. The molecular weight excluding hydrogens is 310 g/mol. The fraction of sp³-hybridized carbons (Fsp3) is 0.125. The third-order valence-corrected chi connectivity index (χ3v) is 3.61. The lowest BCUT2D eigenvalue weighted by Gasteiger charge is -2.24. The molecule has 2 rings (SSSR count). The van der Waals surface area contributed by atoms with Crippen molar-refractivity contribution >= 4 is 50.9 Å². The Morgan fingerprint density at radius 2 is 2.20 bits per heavy atom. The van der Waals surface area contributed by atoms with Gasteiger partial charge < -0.3 is 10.6 Å². The molecular formula is C8H4BrCl2FN2O. The van der Waals surface area contributed by atoms with E-state index in [0.717, 1.165) is 0 Å². The molecule has 0 spiro atoms. The molecule has 7 heteroatoms. The van der Waals surface area contributed by atoms with E-state index in [1.807, 2.05) is 0 Å². The second-order valence-electron chi connectivity index (χ2n) is 2.91. The summed E-state index contributed by atoms with van der Waals surface area (Å²) >= 11 is 14.6. The summed E-state index contributed by atoms with van der Waals surface area (Å²) < 4.78 is 13.8. The van der Waals surface area contributed by atoms with Crippen molar-refractivity contribution in [3.05, 3.63) is 26.9 Å². The minimum absolute atomic E-state index is 0.0509. The van der Waals surface area contributed by atoms with E-state index in [4.69, 9.17) is 23.2 Å². The molecule has 0 radical (unpaired) electrons. The lowest BCUT2D eigenvalue weighted by molar-refractivity contribution is 0.250. The van der Waals surface area contributed by atoms with E-state index in [1.165, 1.54) is 6.07 Å². The van der Waals surface area contributed by atoms with Crippen molar-refractivity contribution in [2.45, 2.75) is 5.50 Å². The molecule has 15 heavy (non-hydrogen) atoms. The van der Waals surface area contributed by atoms with Crippen LogP contribution in [0, 0.1) is 5.82 Å². The van der Waals surface area contributed by atoms with Crippen LogP contribution in [-0.4, -0.2) is 6.03 Å². The van der Waals surface area contributed by atoms with Gasteiger partial charge in [0, 0.05) is 5.56 Å². The Hall–Kier alpha value is -0.520. The molecule has 1 aliphatic rings. The Bertz CT molecular complexity index is 455. The maximum atomic E-state index is 13.7. The quantitative estimate of drug-likeness (QED) is 0.429. The first-order chi connectivity index (χ1) is 7.00. The highest BCUT2D eigenvalue weighted by molar-refractivity contribution is 9.10. The Kier molecular flexibility index (Phi) is 2.79. The number of alkyl halides is 1. The van der Waals surface area contributed by atoms with Gasteiger partial charge in [-0.1, -0.05) is 23.2 Å². The van der Waals surface area contributed by atoms with Crippen molar-refractivity contribution in [2.24, 2.45) is 0 Å². The van der Waals surface area contributed by atoms with Gasteiger partial charge in [0.25, 0.3) is 0 Å². The van der Waals surface area contributed by atoms with E-state index in [0.29, 0.717) is 5.56 Å². The first-order valence-corrected chi connectivity index (χ1v) is 5.50. The number of rotatable bonds is 0. The molecule has 0 bridgehead atoms. The number of urea groups is 1. The number of anilines is 1. The van der Waals surface area contributed by atoms with Crippen molar-refractivity contribution in [1.82, 2.24) is 5.32 Å². The number of nitrogens with one attached hydrogen (secondary N) is 2. The molecule has 0 fully saturated rings. The van der Waals surface area contributed by atoms with Gasteiger partial charge in [0.1, 0.15) is 5.50 Å². The predicted molar refractivity (Wildman–Crippen MR) is 59.9 cm³/mol. The molecule has 2 N–H and O–H groups in total. The highest BCUT2D eigenvalue weighted by Crippen LogP contribution is 2.39. The zero-order valence-corrected chi connectivity index (χ0v) is 10.2. The molecule has 1 unspecified atom stereocenters. The zero-order chi connectivity index (χ0) is 11.2. The number of fused-ring (bicyclic) bond motifs is 1. The van der Waals surface area contributed by atoms with Crippen LogP contribution >= 0.6 is 39.1 Å². The molecule has 2 amide bonds. The van der Waals surface area contributed by atoms with Gasteiger partial charge in [0.2, 0.25) is 0 Å². The molecule has 1 aliphatic heterocycles. The van der Waals surface area contributed by atoms with Gasteiger partial charge in [-0.15, -0.1) is 0 Å². The average Bonchev–Trinajstić information content (AvgIpc) is 2.17. The number of amides is 2. The number of hydrogen-bond donors (Lipinski definition) is 2. The van der Waals surface area contributed by atoms with E-state index < -0.39 is 17.3 Å². The third kappa shape index (κ3) is 1.79. The fourth-order valence-electron chi connectivity index (χ4n) is 1.28. The second kappa shape index (κ2) is 3.81. The standard InChI is InChI=1S/C8H4BrCl2FN2O/c9-4-3(10)1-2-6(5(4)12)13-8(15)14-7(2)11/h1,7H,(H2,13,14,15). The molecule has 1 atom stereocenters. The van der Waals surface area contributed by atoms with Crippen LogP contribution in [0.5, 0.6) is 0 Å². The molecule has 0 saturated heterocycles. The molecule has 0 aromatic heterocycles. The van der Waals surface area contributed by atoms with Crippen LogP contribution < -0.4 is 10.6 Å². The first-order valence-electron chi connectivity index (χ1n) is 3.89. The minimum atomic E-state index is -0.783. The highest BCUT2D eigenvalue weighted by atomic mass is 79.9. The van der Waals surface area contributed by atoms with Gasteiger partial charge in [0.15, 0.2) is 5.82 Å². The Morgan fingerprint density at radius 1 is 1.53 bits per heavy atom. The van der Waals surface area contributed by atoms with E-state index in [1.54, 1.807) is 0 Å². The summed E-state index contributed by atoms with van der Waals surface area (Å²) in [6, 6.07) is 0.948. The van der Waals surface area contributed by atoms with Crippen molar-refractivity contribution in [2.75, 3.05) is 5.32 Å². The van der Waals surface area contributed by atoms with Crippen LogP contribution in [0.3, 0.4) is 0 Å². The largest absolute Gasteiger partial charge is 0.320 e. The molecule has 0 saturated carbocycles. The molecule has 80 valence electrons. The van der Waals surface area contributed by atoms with Crippen molar-refractivity contribution in [3.63, 3.8) is 0 Å². The summed E-state index contributed by atoms with van der Waals surface area (Å²) in [5, 5.41) is 4.92. The fourth-order valence-corrected chi connectivity index (χ4v) is 2.07. The van der Waals surface area contributed by atoms with Gasteiger partial charge in [-0.05, 0) is 22.0 Å². The highest BCUT2D eigenvalue weighted by Gasteiger charge is 2.27. The average molecular weight is 314 g/mol. The number of hydrogen-bond acceptors (Lipinski definition) is 1. The van der Waals surface area contributed by atoms with Crippen LogP contribution in [0.15, 0.2) is 10.5 Å². The third-order valence-electron chi connectivity index (χ3n) is 1.96. The first kappa shape index (κ1) is 11.0. The van der Waals surface area contributed by atoms with Gasteiger partial charge in [-0.25, -0.2) is 9.18 Å². The van der Waals surface area contributed by atoms with Crippen molar-refractivity contribution in [1.29, 1.82) is 0 Å². The van der Waals surface area contributed by atoms with Crippen molar-refractivity contribution < 1.29 is 9.18 Å². The summed E-state index contributed by atoms with van der Waals surface area (Å²) in [5.41, 5.74) is -0.328. The van der Waals surface area contributed by atoms with E-state index in [9.17, 15) is 9.18 Å². The van der Waals surface area contributed by atoms with Gasteiger partial charge in [0.05, 0.1) is 15.2 Å². The van der Waals surface area contributed by atoms with Crippen LogP contribution in [0.2, 0.25) is 5.02 Å². The molecule has 1 heterocycles. The zero-order valence-electron chi connectivity index (χ0n) is 7.07. The molecule has 1 aromatic carbocycles. The Balaban J connectivity index is 2.65. The normalized spacial score (nSPS) is 19.2. The maximum absolute atomic E-state index is 13.7. The number of carbonyl (C=O) groups is 1. The van der Waals surface area contributed by atoms with Gasteiger partial charge in [-0.2, -0.15) is 0 Å². The van der Waals surface area contributed by atoms with E-state index >= 15 is 0 Å². The minimum Gasteiger partial charge on any atom is -0.317 e. The van der Waals surface area contributed by atoms with E-state index in [-0.39, 0.29) is 15.2 Å². The monoisotopic (exact) mass is 312 g/mol.